The van der Waals surface area contributed by atoms with Crippen molar-refractivity contribution >= 4 is 18.4 Å². The van der Waals surface area contributed by atoms with E-state index in [0.29, 0.717) is 19.7 Å². The molecule has 2 atom stereocenters. The maximum atomic E-state index is 11.8. The first kappa shape index (κ1) is 20.7. The summed E-state index contributed by atoms with van der Waals surface area (Å²) < 4.78 is 10.7. The molecule has 0 bridgehead atoms. The van der Waals surface area contributed by atoms with Crippen molar-refractivity contribution in [2.75, 3.05) is 32.8 Å². The number of β-amino-alcohol motifs (C(OH)–C–C–N with tert-alkyl or cyclic N) is 1. The van der Waals surface area contributed by atoms with Gasteiger partial charge in [0.2, 0.25) is 0 Å². The van der Waals surface area contributed by atoms with Crippen molar-refractivity contribution < 1.29 is 19.4 Å². The Hall–Kier alpha value is -1.30. The zero-order chi connectivity index (χ0) is 16.7. The van der Waals surface area contributed by atoms with Crippen molar-refractivity contribution in [2.45, 2.75) is 32.8 Å². The highest BCUT2D eigenvalue weighted by Gasteiger charge is 2.27. The normalized spacial score (nSPS) is 19.2. The Morgan fingerprint density at radius 3 is 2.96 bits per heavy atom. The zero-order valence-corrected chi connectivity index (χ0v) is 15.3. The molecule has 1 aromatic rings. The number of halogens is 1. The van der Waals surface area contributed by atoms with Crippen LogP contribution in [0.4, 0.5) is 0 Å². The zero-order valence-electron chi connectivity index (χ0n) is 14.4. The lowest BCUT2D eigenvalue weighted by Gasteiger charge is -2.32. The van der Waals surface area contributed by atoms with Crippen LogP contribution >= 0.6 is 12.4 Å². The van der Waals surface area contributed by atoms with E-state index in [-0.39, 0.29) is 30.9 Å². The average molecular weight is 358 g/mol. The third-order valence-electron chi connectivity index (χ3n) is 4.03. The SMILES string of the molecule is CCOC(=O)C1CCCN(CC(O)COc2cccc(C)c2)C1.Cl. The van der Waals surface area contributed by atoms with Crippen LogP contribution in [0.2, 0.25) is 0 Å². The van der Waals surface area contributed by atoms with E-state index in [1.165, 1.54) is 0 Å². The smallest absolute Gasteiger partial charge is 0.310 e. The van der Waals surface area contributed by atoms with E-state index in [0.717, 1.165) is 30.7 Å². The van der Waals surface area contributed by atoms with Crippen molar-refractivity contribution in [2.24, 2.45) is 5.92 Å². The maximum absolute atomic E-state index is 11.8. The van der Waals surface area contributed by atoms with Gasteiger partial charge in [-0.2, -0.15) is 0 Å². The number of hydrogen-bond donors (Lipinski definition) is 1. The summed E-state index contributed by atoms with van der Waals surface area (Å²) in [5.74, 6) is 0.573. The summed E-state index contributed by atoms with van der Waals surface area (Å²) in [6, 6.07) is 7.78. The molecule has 0 radical (unpaired) electrons. The summed E-state index contributed by atoms with van der Waals surface area (Å²) in [6.07, 6.45) is 1.25. The third kappa shape index (κ3) is 6.67. The lowest BCUT2D eigenvalue weighted by molar-refractivity contribution is -0.150. The number of likely N-dealkylation sites (tertiary alicyclic amines) is 1. The quantitative estimate of drug-likeness (QED) is 0.759. The molecule has 0 aromatic heterocycles. The van der Waals surface area contributed by atoms with E-state index in [1.54, 1.807) is 0 Å². The summed E-state index contributed by atoms with van der Waals surface area (Å²) in [7, 11) is 0. The van der Waals surface area contributed by atoms with Crippen LogP contribution in [0.5, 0.6) is 5.75 Å². The first-order valence-corrected chi connectivity index (χ1v) is 8.35. The van der Waals surface area contributed by atoms with Gasteiger partial charge in [0.25, 0.3) is 0 Å². The second-order valence-corrected chi connectivity index (χ2v) is 6.13. The molecular weight excluding hydrogens is 330 g/mol. The van der Waals surface area contributed by atoms with Crippen LogP contribution in [-0.4, -0.2) is 54.9 Å². The molecule has 1 aliphatic rings. The molecule has 1 heterocycles. The number of esters is 1. The van der Waals surface area contributed by atoms with Gasteiger partial charge in [-0.05, 0) is 50.9 Å². The van der Waals surface area contributed by atoms with Crippen molar-refractivity contribution in [3.63, 3.8) is 0 Å². The molecule has 1 fully saturated rings. The van der Waals surface area contributed by atoms with Crippen LogP contribution < -0.4 is 4.74 Å². The molecule has 1 aromatic carbocycles. The van der Waals surface area contributed by atoms with Crippen LogP contribution in [0.25, 0.3) is 0 Å². The van der Waals surface area contributed by atoms with E-state index in [9.17, 15) is 9.90 Å². The van der Waals surface area contributed by atoms with Gasteiger partial charge in [-0.3, -0.25) is 9.69 Å². The predicted octanol–water partition coefficient (Wildman–Crippen LogP) is 2.43. The second kappa shape index (κ2) is 10.5. The van der Waals surface area contributed by atoms with Gasteiger partial charge in [0.15, 0.2) is 0 Å². The van der Waals surface area contributed by atoms with E-state index in [2.05, 4.69) is 4.90 Å². The van der Waals surface area contributed by atoms with Crippen LogP contribution in [0.15, 0.2) is 24.3 Å². The number of carbonyl (C=O) groups is 1. The Kier molecular flexibility index (Phi) is 9.11. The number of piperidine rings is 1. The largest absolute Gasteiger partial charge is 0.491 e. The maximum Gasteiger partial charge on any atom is 0.310 e. The molecule has 6 heteroatoms. The molecule has 0 aliphatic carbocycles. The number of carbonyl (C=O) groups excluding carboxylic acids is 1. The van der Waals surface area contributed by atoms with Gasteiger partial charge in [-0.1, -0.05) is 12.1 Å². The van der Waals surface area contributed by atoms with Gasteiger partial charge in [-0.15, -0.1) is 12.4 Å². The Morgan fingerprint density at radius 1 is 1.46 bits per heavy atom. The van der Waals surface area contributed by atoms with Crippen molar-refractivity contribution in [1.29, 1.82) is 0 Å². The molecule has 1 saturated heterocycles. The first-order valence-electron chi connectivity index (χ1n) is 8.35. The highest BCUT2D eigenvalue weighted by molar-refractivity contribution is 5.85. The van der Waals surface area contributed by atoms with Gasteiger partial charge in [0.1, 0.15) is 18.5 Å². The average Bonchev–Trinajstić information content (AvgIpc) is 2.53. The van der Waals surface area contributed by atoms with Gasteiger partial charge in [0, 0.05) is 13.1 Å². The van der Waals surface area contributed by atoms with Crippen LogP contribution in [0, 0.1) is 12.8 Å². The van der Waals surface area contributed by atoms with Crippen LogP contribution in [-0.2, 0) is 9.53 Å². The van der Waals surface area contributed by atoms with Gasteiger partial charge in [0.05, 0.1) is 12.5 Å². The highest BCUT2D eigenvalue weighted by atomic mass is 35.5. The molecule has 0 spiro atoms. The minimum Gasteiger partial charge on any atom is -0.491 e. The van der Waals surface area contributed by atoms with Crippen molar-refractivity contribution in [3.05, 3.63) is 29.8 Å². The number of rotatable bonds is 7. The molecule has 2 unspecified atom stereocenters. The fraction of sp³-hybridized carbons (Fsp3) is 0.611. The fourth-order valence-electron chi connectivity index (χ4n) is 2.92. The lowest BCUT2D eigenvalue weighted by Crippen LogP contribution is -2.44. The highest BCUT2D eigenvalue weighted by Crippen LogP contribution is 2.18. The number of ether oxygens (including phenoxy) is 2. The standard InChI is InChI=1S/C18H27NO4.ClH/c1-3-22-18(21)15-7-5-9-19(11-15)12-16(20)13-23-17-8-4-6-14(2)10-17;/h4,6,8,10,15-16,20H,3,5,7,9,11-13H2,1-2H3;1H. The van der Waals surface area contributed by atoms with Gasteiger partial charge >= 0.3 is 5.97 Å². The van der Waals surface area contributed by atoms with E-state index < -0.39 is 6.10 Å². The molecule has 1 N–H and O–H groups in total. The van der Waals surface area contributed by atoms with Crippen molar-refractivity contribution in [3.8, 4) is 5.75 Å². The Morgan fingerprint density at radius 2 is 2.25 bits per heavy atom. The third-order valence-corrected chi connectivity index (χ3v) is 4.03. The minimum atomic E-state index is -0.573. The summed E-state index contributed by atoms with van der Waals surface area (Å²) in [5.41, 5.74) is 1.13. The topological polar surface area (TPSA) is 59.0 Å². The molecule has 1 aliphatic heterocycles. The van der Waals surface area contributed by atoms with Crippen LogP contribution in [0.3, 0.4) is 0 Å². The first-order chi connectivity index (χ1) is 11.1. The van der Waals surface area contributed by atoms with Gasteiger partial charge in [-0.25, -0.2) is 0 Å². The van der Waals surface area contributed by atoms with E-state index in [1.807, 2.05) is 38.1 Å². The lowest BCUT2D eigenvalue weighted by atomic mass is 9.98. The van der Waals surface area contributed by atoms with Gasteiger partial charge < -0.3 is 14.6 Å². The number of nitrogens with zero attached hydrogens (tertiary/aromatic N) is 1. The molecule has 2 rings (SSSR count). The number of aryl methyl sites for hydroxylation is 1. The van der Waals surface area contributed by atoms with E-state index >= 15 is 0 Å². The number of hydrogen-bond acceptors (Lipinski definition) is 5. The summed E-state index contributed by atoms with van der Waals surface area (Å²) in [4.78, 5) is 14.0. The molecule has 136 valence electrons. The number of aliphatic hydroxyl groups excluding tert-OH is 1. The fourth-order valence-corrected chi connectivity index (χ4v) is 2.92. The number of benzene rings is 1. The minimum absolute atomic E-state index is 0. The van der Waals surface area contributed by atoms with Crippen molar-refractivity contribution in [1.82, 2.24) is 4.90 Å². The summed E-state index contributed by atoms with van der Waals surface area (Å²) >= 11 is 0. The predicted molar refractivity (Wildman–Crippen MR) is 95.7 cm³/mol. The van der Waals surface area contributed by atoms with E-state index in [4.69, 9.17) is 9.47 Å². The Balaban J connectivity index is 0.00000288. The molecule has 0 amide bonds. The summed E-state index contributed by atoms with van der Waals surface area (Å²) in [5, 5.41) is 10.2. The number of aliphatic hydroxyl groups is 1. The molecule has 0 saturated carbocycles. The molecular formula is C18H28ClNO4. The second-order valence-electron chi connectivity index (χ2n) is 6.13. The molecule has 24 heavy (non-hydrogen) atoms. The molecule has 5 nitrogen and oxygen atoms in total. The monoisotopic (exact) mass is 357 g/mol. The summed E-state index contributed by atoms with van der Waals surface area (Å²) in [6.45, 7) is 6.57. The van der Waals surface area contributed by atoms with Crippen LogP contribution in [0.1, 0.15) is 25.3 Å². The Bertz CT molecular complexity index is 512. The Labute approximate surface area is 150 Å².